The topological polar surface area (TPSA) is 8.17 Å². The highest BCUT2D eigenvalue weighted by Crippen LogP contribution is 2.22. The van der Waals surface area contributed by atoms with Crippen LogP contribution in [-0.2, 0) is 6.54 Å². The van der Waals surface area contributed by atoms with Gasteiger partial charge in [-0.2, -0.15) is 0 Å². The van der Waals surface area contributed by atoms with Gasteiger partial charge in [0.2, 0.25) is 0 Å². The fourth-order valence-electron chi connectivity index (χ4n) is 1.82. The Bertz CT molecular complexity index is 531. The standard InChI is InChI=1S/C13H16F2N2/c1-9(16(2)3)8-17-7-6-10-12(17)5-4-11(14)13(10)15/h4-7,9H,8H2,1-3H3. The molecule has 1 aromatic heterocycles. The lowest BCUT2D eigenvalue weighted by Crippen LogP contribution is -2.28. The molecule has 1 heterocycles. The monoisotopic (exact) mass is 238 g/mol. The predicted molar refractivity (Wildman–Crippen MR) is 65.0 cm³/mol. The number of aromatic nitrogens is 1. The van der Waals surface area contributed by atoms with Crippen molar-refractivity contribution in [3.05, 3.63) is 36.0 Å². The highest BCUT2D eigenvalue weighted by atomic mass is 19.2. The van der Waals surface area contributed by atoms with E-state index in [1.54, 1.807) is 18.3 Å². The average Bonchev–Trinajstić information content (AvgIpc) is 2.67. The van der Waals surface area contributed by atoms with Gasteiger partial charge in [0.25, 0.3) is 0 Å². The smallest absolute Gasteiger partial charge is 0.168 e. The minimum atomic E-state index is -0.795. The number of nitrogens with zero attached hydrogens (tertiary/aromatic N) is 2. The van der Waals surface area contributed by atoms with Gasteiger partial charge in [0.1, 0.15) is 0 Å². The Labute approximate surface area is 99.4 Å². The summed E-state index contributed by atoms with van der Waals surface area (Å²) in [6.07, 6.45) is 1.80. The second-order valence-electron chi connectivity index (χ2n) is 4.57. The molecule has 0 fully saturated rings. The zero-order valence-electron chi connectivity index (χ0n) is 10.2. The first-order valence-electron chi connectivity index (χ1n) is 5.60. The fraction of sp³-hybridized carbons (Fsp3) is 0.385. The summed E-state index contributed by atoms with van der Waals surface area (Å²) >= 11 is 0. The Balaban J connectivity index is 2.40. The maximum absolute atomic E-state index is 13.5. The lowest BCUT2D eigenvalue weighted by atomic mass is 10.2. The van der Waals surface area contributed by atoms with Crippen LogP contribution in [-0.4, -0.2) is 29.6 Å². The summed E-state index contributed by atoms with van der Waals surface area (Å²) in [4.78, 5) is 2.09. The van der Waals surface area contributed by atoms with Crippen LogP contribution < -0.4 is 0 Å². The van der Waals surface area contributed by atoms with Gasteiger partial charge in [-0.25, -0.2) is 8.78 Å². The number of likely N-dealkylation sites (N-methyl/N-ethyl adjacent to an activating group) is 1. The first-order chi connectivity index (χ1) is 8.00. The van der Waals surface area contributed by atoms with E-state index in [-0.39, 0.29) is 0 Å². The van der Waals surface area contributed by atoms with Crippen LogP contribution in [0.4, 0.5) is 8.78 Å². The minimum absolute atomic E-state index is 0.332. The number of hydrogen-bond acceptors (Lipinski definition) is 1. The second kappa shape index (κ2) is 4.45. The fourth-order valence-corrected chi connectivity index (χ4v) is 1.82. The third-order valence-corrected chi connectivity index (χ3v) is 3.18. The van der Waals surface area contributed by atoms with Crippen LogP contribution in [0, 0.1) is 11.6 Å². The van der Waals surface area contributed by atoms with Crippen molar-refractivity contribution in [2.45, 2.75) is 19.5 Å². The van der Waals surface area contributed by atoms with Crippen molar-refractivity contribution in [3.63, 3.8) is 0 Å². The maximum Gasteiger partial charge on any atom is 0.168 e. The van der Waals surface area contributed by atoms with Crippen LogP contribution in [0.5, 0.6) is 0 Å². The Kier molecular flexibility index (Phi) is 3.15. The van der Waals surface area contributed by atoms with E-state index in [1.165, 1.54) is 6.07 Å². The zero-order chi connectivity index (χ0) is 12.6. The third-order valence-electron chi connectivity index (χ3n) is 3.18. The lowest BCUT2D eigenvalue weighted by molar-refractivity contribution is 0.286. The molecule has 17 heavy (non-hydrogen) atoms. The van der Waals surface area contributed by atoms with Crippen LogP contribution in [0.15, 0.2) is 24.4 Å². The number of halogens is 2. The first kappa shape index (κ1) is 12.0. The molecule has 0 saturated heterocycles. The summed E-state index contributed by atoms with van der Waals surface area (Å²) in [6, 6.07) is 4.75. The second-order valence-corrected chi connectivity index (χ2v) is 4.57. The SMILES string of the molecule is CC(Cn1ccc2c(F)c(F)ccc21)N(C)C. The number of hydrogen-bond donors (Lipinski definition) is 0. The summed E-state index contributed by atoms with van der Waals surface area (Å²) in [6.45, 7) is 2.84. The van der Waals surface area contributed by atoms with E-state index in [0.29, 0.717) is 11.4 Å². The Morgan fingerprint density at radius 2 is 1.94 bits per heavy atom. The highest BCUT2D eigenvalue weighted by Gasteiger charge is 2.12. The van der Waals surface area contributed by atoms with Crippen LogP contribution in [0.3, 0.4) is 0 Å². The zero-order valence-corrected chi connectivity index (χ0v) is 10.2. The molecule has 1 aromatic carbocycles. The molecule has 1 atom stereocenters. The van der Waals surface area contributed by atoms with Crippen LogP contribution in [0.2, 0.25) is 0 Å². The molecule has 1 unspecified atom stereocenters. The molecule has 0 saturated carbocycles. The van der Waals surface area contributed by atoms with Gasteiger partial charge in [-0.05, 0) is 39.2 Å². The minimum Gasteiger partial charge on any atom is -0.346 e. The van der Waals surface area contributed by atoms with Crippen LogP contribution in [0.25, 0.3) is 10.9 Å². The molecule has 2 aromatic rings. The summed E-state index contributed by atoms with van der Waals surface area (Å²) in [7, 11) is 3.99. The van der Waals surface area contributed by atoms with E-state index in [1.807, 2.05) is 18.7 Å². The van der Waals surface area contributed by atoms with Crippen molar-refractivity contribution in [1.82, 2.24) is 9.47 Å². The molecule has 0 aliphatic carbocycles. The molecule has 0 spiro atoms. The first-order valence-corrected chi connectivity index (χ1v) is 5.60. The van der Waals surface area contributed by atoms with Gasteiger partial charge in [-0.3, -0.25) is 0 Å². The molecule has 0 radical (unpaired) electrons. The molecule has 0 bridgehead atoms. The Morgan fingerprint density at radius 3 is 2.59 bits per heavy atom. The maximum atomic E-state index is 13.5. The van der Waals surface area contributed by atoms with Crippen molar-refractivity contribution in [2.75, 3.05) is 14.1 Å². The van der Waals surface area contributed by atoms with Gasteiger partial charge in [0, 0.05) is 24.2 Å². The molecule has 0 amide bonds. The van der Waals surface area contributed by atoms with E-state index in [0.717, 1.165) is 12.1 Å². The summed E-state index contributed by atoms with van der Waals surface area (Å²) < 4.78 is 28.5. The molecule has 2 nitrogen and oxygen atoms in total. The molecular weight excluding hydrogens is 222 g/mol. The van der Waals surface area contributed by atoms with Crippen molar-refractivity contribution >= 4 is 10.9 Å². The molecule has 0 N–H and O–H groups in total. The van der Waals surface area contributed by atoms with Gasteiger partial charge in [0.05, 0.1) is 5.52 Å². The summed E-state index contributed by atoms with van der Waals surface area (Å²) in [5, 5.41) is 0.343. The number of rotatable bonds is 3. The molecule has 0 aliphatic heterocycles. The third kappa shape index (κ3) is 2.17. The largest absolute Gasteiger partial charge is 0.346 e. The predicted octanol–water partition coefficient (Wildman–Crippen LogP) is 2.87. The summed E-state index contributed by atoms with van der Waals surface area (Å²) in [5.74, 6) is -1.56. The van der Waals surface area contributed by atoms with Gasteiger partial charge < -0.3 is 9.47 Å². The number of benzene rings is 1. The molecule has 2 rings (SSSR count). The van der Waals surface area contributed by atoms with Crippen molar-refractivity contribution < 1.29 is 8.78 Å². The van der Waals surface area contributed by atoms with E-state index >= 15 is 0 Å². The number of fused-ring (bicyclic) bond motifs is 1. The van der Waals surface area contributed by atoms with Crippen molar-refractivity contribution in [2.24, 2.45) is 0 Å². The molecule has 4 heteroatoms. The quantitative estimate of drug-likeness (QED) is 0.798. The van der Waals surface area contributed by atoms with Crippen molar-refractivity contribution in [1.29, 1.82) is 0 Å². The highest BCUT2D eigenvalue weighted by molar-refractivity contribution is 5.80. The van der Waals surface area contributed by atoms with Gasteiger partial charge >= 0.3 is 0 Å². The van der Waals surface area contributed by atoms with E-state index < -0.39 is 11.6 Å². The van der Waals surface area contributed by atoms with Gasteiger partial charge in [0.15, 0.2) is 11.6 Å². The molecular formula is C13H16F2N2. The average molecular weight is 238 g/mol. The van der Waals surface area contributed by atoms with Crippen LogP contribution >= 0.6 is 0 Å². The lowest BCUT2D eigenvalue weighted by Gasteiger charge is -2.20. The molecule has 92 valence electrons. The Hall–Kier alpha value is -1.42. The van der Waals surface area contributed by atoms with Gasteiger partial charge in [-0.15, -0.1) is 0 Å². The summed E-state index contributed by atoms with van der Waals surface area (Å²) in [5.41, 5.74) is 0.734. The Morgan fingerprint density at radius 1 is 1.24 bits per heavy atom. The van der Waals surface area contributed by atoms with Crippen molar-refractivity contribution in [3.8, 4) is 0 Å². The van der Waals surface area contributed by atoms with E-state index in [4.69, 9.17) is 0 Å². The van der Waals surface area contributed by atoms with Crippen LogP contribution in [0.1, 0.15) is 6.92 Å². The van der Waals surface area contributed by atoms with E-state index in [9.17, 15) is 8.78 Å². The van der Waals surface area contributed by atoms with E-state index in [2.05, 4.69) is 11.8 Å². The van der Waals surface area contributed by atoms with Gasteiger partial charge in [-0.1, -0.05) is 0 Å². The molecule has 0 aliphatic rings. The normalized spacial score (nSPS) is 13.5.